The summed E-state index contributed by atoms with van der Waals surface area (Å²) in [5.74, 6) is -0.639. The molecule has 6 rings (SSSR count). The van der Waals surface area contributed by atoms with Gasteiger partial charge in [0, 0.05) is 27.6 Å². The minimum atomic E-state index is -1.22. The molecule has 1 atom stereocenters. The van der Waals surface area contributed by atoms with Crippen molar-refractivity contribution >= 4 is 34.1 Å². The standard InChI is InChI=1S/C30H28N2O5S/c1-37-29-19(12-13-20-27(29)32(18-10-11-18)16-22(28(20)34)30(35)36)25-15-21-23(8-5-9-24(21)38-25)31-26(33)14-17-6-3-2-4-7-17/h2-4,6-7,12-13,15-16,18,23H,5,8-11,14H2,1H3,(H,31,33)(H,35,36). The number of fused-ring (bicyclic) bond motifs is 2. The Morgan fingerprint density at radius 2 is 1.92 bits per heavy atom. The number of aryl methyl sites for hydroxylation is 1. The van der Waals surface area contributed by atoms with Crippen molar-refractivity contribution in [3.8, 4) is 16.2 Å². The summed E-state index contributed by atoms with van der Waals surface area (Å²) in [5.41, 5.74) is 2.91. The molecule has 2 aliphatic rings. The fraction of sp³-hybridized carbons (Fsp3) is 0.300. The molecule has 7 nitrogen and oxygen atoms in total. The summed E-state index contributed by atoms with van der Waals surface area (Å²) < 4.78 is 7.81. The molecule has 1 fully saturated rings. The van der Waals surface area contributed by atoms with E-state index in [2.05, 4.69) is 11.4 Å². The van der Waals surface area contributed by atoms with Crippen LogP contribution in [0, 0.1) is 0 Å². The molecular formula is C30H28N2O5S. The number of rotatable bonds is 7. The number of carbonyl (C=O) groups excluding carboxylic acids is 1. The molecule has 0 bridgehead atoms. The van der Waals surface area contributed by atoms with E-state index >= 15 is 0 Å². The molecule has 0 spiro atoms. The highest BCUT2D eigenvalue weighted by atomic mass is 32.1. The van der Waals surface area contributed by atoms with Crippen molar-refractivity contribution in [2.24, 2.45) is 0 Å². The van der Waals surface area contributed by atoms with Gasteiger partial charge in [0.25, 0.3) is 0 Å². The van der Waals surface area contributed by atoms with Crippen molar-refractivity contribution in [2.75, 3.05) is 7.11 Å². The number of aromatic carboxylic acids is 1. The van der Waals surface area contributed by atoms with E-state index in [1.54, 1.807) is 24.5 Å². The zero-order valence-corrected chi connectivity index (χ0v) is 21.8. The van der Waals surface area contributed by atoms with Gasteiger partial charge in [0.1, 0.15) is 5.56 Å². The number of thiophene rings is 1. The summed E-state index contributed by atoms with van der Waals surface area (Å²) in [7, 11) is 1.59. The average Bonchev–Trinajstić information content (AvgIpc) is 3.66. The molecule has 1 amide bonds. The summed E-state index contributed by atoms with van der Waals surface area (Å²) in [6.45, 7) is 0. The first kappa shape index (κ1) is 24.4. The van der Waals surface area contributed by atoms with E-state index in [0.29, 0.717) is 23.1 Å². The molecule has 0 radical (unpaired) electrons. The Bertz CT molecular complexity index is 1620. The predicted octanol–water partition coefficient (Wildman–Crippen LogP) is 5.51. The van der Waals surface area contributed by atoms with Crippen LogP contribution in [0.3, 0.4) is 0 Å². The predicted molar refractivity (Wildman–Crippen MR) is 147 cm³/mol. The second-order valence-electron chi connectivity index (χ2n) is 10.0. The Labute approximate surface area is 223 Å². The fourth-order valence-electron chi connectivity index (χ4n) is 5.48. The van der Waals surface area contributed by atoms with Gasteiger partial charge in [0.05, 0.1) is 30.5 Å². The van der Waals surface area contributed by atoms with Crippen LogP contribution in [0.1, 0.15) is 64.1 Å². The normalized spacial score (nSPS) is 16.7. The van der Waals surface area contributed by atoms with E-state index in [9.17, 15) is 19.5 Å². The van der Waals surface area contributed by atoms with Gasteiger partial charge in [0.15, 0.2) is 5.75 Å². The lowest BCUT2D eigenvalue weighted by atomic mass is 9.93. The van der Waals surface area contributed by atoms with Crippen molar-refractivity contribution in [1.29, 1.82) is 0 Å². The Balaban J connectivity index is 1.39. The fourth-order valence-corrected chi connectivity index (χ4v) is 6.76. The molecule has 1 saturated carbocycles. The Morgan fingerprint density at radius 3 is 2.63 bits per heavy atom. The number of nitrogens with one attached hydrogen (secondary N) is 1. The van der Waals surface area contributed by atoms with E-state index < -0.39 is 11.4 Å². The van der Waals surface area contributed by atoms with Crippen LogP contribution in [0.5, 0.6) is 5.75 Å². The van der Waals surface area contributed by atoms with Crippen LogP contribution in [0.2, 0.25) is 0 Å². The molecule has 2 aromatic heterocycles. The first-order valence-electron chi connectivity index (χ1n) is 12.9. The van der Waals surface area contributed by atoms with Crippen molar-refractivity contribution < 1.29 is 19.4 Å². The lowest BCUT2D eigenvalue weighted by Crippen LogP contribution is -2.31. The van der Waals surface area contributed by atoms with Gasteiger partial charge in [-0.15, -0.1) is 11.3 Å². The van der Waals surface area contributed by atoms with Gasteiger partial charge in [0.2, 0.25) is 11.3 Å². The summed E-state index contributed by atoms with van der Waals surface area (Å²) in [6, 6.07) is 15.6. The number of nitrogens with zero attached hydrogens (tertiary/aromatic N) is 1. The highest BCUT2D eigenvalue weighted by molar-refractivity contribution is 7.15. The van der Waals surface area contributed by atoms with E-state index in [1.165, 1.54) is 11.1 Å². The number of carbonyl (C=O) groups is 2. The SMILES string of the molecule is COc1c(-c2cc3c(s2)CCCC3NC(=O)Cc2ccccc2)ccc2c(=O)c(C(=O)O)cn(C3CC3)c12. The van der Waals surface area contributed by atoms with Crippen molar-refractivity contribution in [2.45, 2.75) is 50.6 Å². The van der Waals surface area contributed by atoms with Crippen LogP contribution < -0.4 is 15.5 Å². The molecule has 0 saturated heterocycles. The van der Waals surface area contributed by atoms with Gasteiger partial charge in [-0.3, -0.25) is 9.59 Å². The maximum Gasteiger partial charge on any atom is 0.341 e. The third kappa shape index (κ3) is 4.39. The number of carboxylic acids is 1. The summed E-state index contributed by atoms with van der Waals surface area (Å²) in [4.78, 5) is 39.9. The number of benzene rings is 2. The van der Waals surface area contributed by atoms with Crippen LogP contribution in [0.25, 0.3) is 21.3 Å². The summed E-state index contributed by atoms with van der Waals surface area (Å²) >= 11 is 1.69. The van der Waals surface area contributed by atoms with Crippen molar-refractivity contribution in [1.82, 2.24) is 9.88 Å². The van der Waals surface area contributed by atoms with E-state index in [1.807, 2.05) is 41.0 Å². The third-order valence-electron chi connectivity index (χ3n) is 7.44. The molecule has 2 aromatic carbocycles. The van der Waals surface area contributed by atoms with Gasteiger partial charge in [-0.25, -0.2) is 4.79 Å². The molecule has 8 heteroatoms. The minimum Gasteiger partial charge on any atom is -0.494 e. The van der Waals surface area contributed by atoms with E-state index in [4.69, 9.17) is 4.74 Å². The van der Waals surface area contributed by atoms with Crippen LogP contribution in [0.4, 0.5) is 0 Å². The molecule has 194 valence electrons. The number of amides is 1. The van der Waals surface area contributed by atoms with Crippen molar-refractivity contribution in [3.63, 3.8) is 0 Å². The monoisotopic (exact) mass is 528 g/mol. The number of pyridine rings is 1. The topological polar surface area (TPSA) is 97.6 Å². The lowest BCUT2D eigenvalue weighted by molar-refractivity contribution is -0.121. The molecule has 4 aromatic rings. The first-order valence-corrected chi connectivity index (χ1v) is 13.7. The van der Waals surface area contributed by atoms with Crippen LogP contribution in [0.15, 0.2) is 59.5 Å². The maximum atomic E-state index is 13.0. The second-order valence-corrected chi connectivity index (χ2v) is 11.2. The largest absolute Gasteiger partial charge is 0.494 e. The Kier molecular flexibility index (Phi) is 6.27. The van der Waals surface area contributed by atoms with Gasteiger partial charge in [-0.2, -0.15) is 0 Å². The highest BCUT2D eigenvalue weighted by Crippen LogP contribution is 2.46. The zero-order valence-electron chi connectivity index (χ0n) is 21.0. The number of methoxy groups -OCH3 is 1. The number of ether oxygens (including phenoxy) is 1. The summed E-state index contributed by atoms with van der Waals surface area (Å²) in [6.07, 6.45) is 6.52. The maximum absolute atomic E-state index is 13.0. The summed E-state index contributed by atoms with van der Waals surface area (Å²) in [5, 5.41) is 13.2. The zero-order chi connectivity index (χ0) is 26.4. The van der Waals surface area contributed by atoms with Gasteiger partial charge in [-0.05, 0) is 61.4 Å². The molecule has 2 N–H and O–H groups in total. The second kappa shape index (κ2) is 9.76. The Morgan fingerprint density at radius 1 is 1.13 bits per heavy atom. The molecular weight excluding hydrogens is 500 g/mol. The lowest BCUT2D eigenvalue weighted by Gasteiger charge is -2.23. The number of hydrogen-bond acceptors (Lipinski definition) is 5. The van der Waals surface area contributed by atoms with Crippen LogP contribution in [-0.4, -0.2) is 28.7 Å². The van der Waals surface area contributed by atoms with Crippen LogP contribution in [-0.2, 0) is 17.6 Å². The average molecular weight is 529 g/mol. The van der Waals surface area contributed by atoms with Gasteiger partial charge < -0.3 is 19.7 Å². The van der Waals surface area contributed by atoms with Crippen LogP contribution >= 0.6 is 11.3 Å². The van der Waals surface area contributed by atoms with E-state index in [0.717, 1.165) is 53.7 Å². The Hall–Kier alpha value is -3.91. The number of carboxylic acid groups (broad SMARTS) is 1. The van der Waals surface area contributed by atoms with Crippen molar-refractivity contribution in [3.05, 3.63) is 86.5 Å². The molecule has 0 aliphatic heterocycles. The molecule has 1 unspecified atom stereocenters. The minimum absolute atomic E-state index is 0.00720. The van der Waals surface area contributed by atoms with Gasteiger partial charge >= 0.3 is 5.97 Å². The molecule has 2 heterocycles. The number of aromatic nitrogens is 1. The third-order valence-corrected chi connectivity index (χ3v) is 8.69. The smallest absolute Gasteiger partial charge is 0.341 e. The molecule has 2 aliphatic carbocycles. The van der Waals surface area contributed by atoms with E-state index in [-0.39, 0.29) is 23.6 Å². The first-order chi connectivity index (χ1) is 18.4. The molecule has 38 heavy (non-hydrogen) atoms. The van der Waals surface area contributed by atoms with Gasteiger partial charge in [-0.1, -0.05) is 30.3 Å². The number of hydrogen-bond donors (Lipinski definition) is 2. The quantitative estimate of drug-likeness (QED) is 0.330. The highest BCUT2D eigenvalue weighted by Gasteiger charge is 2.30.